The molecule has 0 amide bonds. The number of hydrogen-bond donors (Lipinski definition) is 2. The van der Waals surface area contributed by atoms with Gasteiger partial charge < -0.3 is 5.11 Å². The van der Waals surface area contributed by atoms with Gasteiger partial charge in [-0.25, -0.2) is 4.83 Å². The Morgan fingerprint density at radius 1 is 1.08 bits per heavy atom. The molecule has 0 radical (unpaired) electrons. The molecule has 0 saturated carbocycles. The Kier molecular flexibility index (Phi) is 4.93. The largest absolute Gasteiger partial charge is 0.502 e. The van der Waals surface area contributed by atoms with Gasteiger partial charge in [-0.05, 0) is 12.1 Å². The molecular formula is C13H10N4O7S. The Morgan fingerprint density at radius 3 is 2.40 bits per heavy atom. The van der Waals surface area contributed by atoms with Crippen LogP contribution in [0.25, 0.3) is 0 Å². The lowest BCUT2D eigenvalue weighted by Gasteiger charge is -2.03. The molecule has 0 atom stereocenters. The molecule has 0 bridgehead atoms. The van der Waals surface area contributed by atoms with E-state index in [0.29, 0.717) is 0 Å². The van der Waals surface area contributed by atoms with Gasteiger partial charge in [0.2, 0.25) is 5.75 Å². The summed E-state index contributed by atoms with van der Waals surface area (Å²) in [4.78, 5) is 21.3. The van der Waals surface area contributed by atoms with Crippen LogP contribution in [-0.2, 0) is 10.0 Å². The Hall–Kier alpha value is -3.54. The fraction of sp³-hybridized carbons (Fsp3) is 0. The molecule has 0 heterocycles. The van der Waals surface area contributed by atoms with Gasteiger partial charge in [0.25, 0.3) is 15.7 Å². The molecule has 0 fully saturated rings. The fourth-order valence-corrected chi connectivity index (χ4v) is 2.61. The van der Waals surface area contributed by atoms with Crippen molar-refractivity contribution in [1.29, 1.82) is 0 Å². The molecule has 11 nitrogen and oxygen atoms in total. The second-order valence-electron chi connectivity index (χ2n) is 4.58. The summed E-state index contributed by atoms with van der Waals surface area (Å²) in [5, 5.41) is 34.5. The average molecular weight is 366 g/mol. The number of para-hydroxylation sites is 1. The van der Waals surface area contributed by atoms with Crippen molar-refractivity contribution in [3.05, 3.63) is 68.3 Å². The first-order valence-corrected chi connectivity index (χ1v) is 7.96. The van der Waals surface area contributed by atoms with E-state index in [0.717, 1.165) is 30.5 Å². The minimum atomic E-state index is -4.19. The zero-order chi connectivity index (χ0) is 18.6. The fourth-order valence-electron chi connectivity index (χ4n) is 1.78. The molecule has 130 valence electrons. The lowest BCUT2D eigenvalue weighted by Crippen LogP contribution is -2.18. The number of hydrazone groups is 1. The Balaban J connectivity index is 2.24. The topological polar surface area (TPSA) is 165 Å². The minimum absolute atomic E-state index is 0.0871. The quantitative estimate of drug-likeness (QED) is 0.444. The van der Waals surface area contributed by atoms with Crippen LogP contribution in [-0.4, -0.2) is 29.6 Å². The average Bonchev–Trinajstić information content (AvgIpc) is 2.56. The van der Waals surface area contributed by atoms with Crippen LogP contribution in [0, 0.1) is 20.2 Å². The summed E-state index contributed by atoms with van der Waals surface area (Å²) in [5.41, 5.74) is -1.07. The van der Waals surface area contributed by atoms with E-state index in [4.69, 9.17) is 0 Å². The number of non-ortho nitro benzene ring substituents is 1. The number of nitro groups is 2. The van der Waals surface area contributed by atoms with E-state index >= 15 is 0 Å². The summed E-state index contributed by atoms with van der Waals surface area (Å²) < 4.78 is 24.1. The van der Waals surface area contributed by atoms with Gasteiger partial charge in [0.1, 0.15) is 0 Å². The van der Waals surface area contributed by atoms with Gasteiger partial charge in [-0.3, -0.25) is 20.2 Å². The third kappa shape index (κ3) is 4.06. The van der Waals surface area contributed by atoms with Crippen molar-refractivity contribution in [2.45, 2.75) is 4.90 Å². The number of aromatic hydroxyl groups is 1. The lowest BCUT2D eigenvalue weighted by molar-refractivity contribution is -0.385. The normalized spacial score (nSPS) is 11.4. The summed E-state index contributed by atoms with van der Waals surface area (Å²) in [7, 11) is -4.19. The molecule has 0 aliphatic rings. The van der Waals surface area contributed by atoms with E-state index < -0.39 is 37.0 Å². The third-order valence-corrected chi connectivity index (χ3v) is 4.18. The number of nitrogens with one attached hydrogen (secondary N) is 1. The van der Waals surface area contributed by atoms with Gasteiger partial charge in [-0.1, -0.05) is 12.1 Å². The van der Waals surface area contributed by atoms with Crippen LogP contribution in [0.1, 0.15) is 5.56 Å². The molecule has 0 saturated heterocycles. The number of rotatable bonds is 6. The summed E-state index contributed by atoms with van der Waals surface area (Å²) in [6.07, 6.45) is 0.872. The van der Waals surface area contributed by atoms with Crippen LogP contribution in [0.5, 0.6) is 5.75 Å². The highest BCUT2D eigenvalue weighted by Crippen LogP contribution is 2.28. The minimum Gasteiger partial charge on any atom is -0.502 e. The van der Waals surface area contributed by atoms with Crippen molar-refractivity contribution in [3.63, 3.8) is 0 Å². The second kappa shape index (κ2) is 6.92. The van der Waals surface area contributed by atoms with Gasteiger partial charge in [-0.2, -0.15) is 13.5 Å². The van der Waals surface area contributed by atoms with E-state index in [-0.39, 0.29) is 10.5 Å². The Labute approximate surface area is 140 Å². The number of sulfonamides is 1. The Bertz CT molecular complexity index is 972. The van der Waals surface area contributed by atoms with Crippen molar-refractivity contribution in [2.24, 2.45) is 5.10 Å². The highest BCUT2D eigenvalue weighted by atomic mass is 32.2. The first-order valence-electron chi connectivity index (χ1n) is 6.48. The predicted octanol–water partition coefficient (Wildman–Crippen LogP) is 1.52. The maximum atomic E-state index is 12.0. The highest BCUT2D eigenvalue weighted by Gasteiger charge is 2.18. The molecule has 2 aromatic carbocycles. The van der Waals surface area contributed by atoms with Crippen LogP contribution in [0.3, 0.4) is 0 Å². The number of hydrogen-bond acceptors (Lipinski definition) is 8. The first-order chi connectivity index (χ1) is 11.7. The van der Waals surface area contributed by atoms with E-state index in [9.17, 15) is 33.8 Å². The van der Waals surface area contributed by atoms with Crippen LogP contribution in [0.4, 0.5) is 11.4 Å². The summed E-state index contributed by atoms with van der Waals surface area (Å²) in [6.45, 7) is 0. The zero-order valence-electron chi connectivity index (χ0n) is 12.3. The van der Waals surface area contributed by atoms with E-state index in [1.165, 1.54) is 18.2 Å². The van der Waals surface area contributed by atoms with Gasteiger partial charge in [0, 0.05) is 23.8 Å². The van der Waals surface area contributed by atoms with Gasteiger partial charge >= 0.3 is 5.69 Å². The molecule has 0 aliphatic heterocycles. The van der Waals surface area contributed by atoms with E-state index in [1.54, 1.807) is 4.83 Å². The zero-order valence-corrected chi connectivity index (χ0v) is 13.1. The molecule has 12 heteroatoms. The summed E-state index contributed by atoms with van der Waals surface area (Å²) in [6, 6.07) is 7.95. The molecule has 25 heavy (non-hydrogen) atoms. The lowest BCUT2D eigenvalue weighted by atomic mass is 10.2. The van der Waals surface area contributed by atoms with Crippen molar-refractivity contribution in [2.75, 3.05) is 0 Å². The van der Waals surface area contributed by atoms with Crippen molar-refractivity contribution in [1.82, 2.24) is 4.83 Å². The van der Waals surface area contributed by atoms with E-state index in [2.05, 4.69) is 5.10 Å². The molecule has 0 spiro atoms. The molecule has 0 aliphatic carbocycles. The molecule has 2 rings (SSSR count). The Morgan fingerprint density at radius 2 is 1.76 bits per heavy atom. The highest BCUT2D eigenvalue weighted by molar-refractivity contribution is 7.89. The van der Waals surface area contributed by atoms with Crippen molar-refractivity contribution >= 4 is 27.6 Å². The SMILES string of the molecule is O=[N+]([O-])c1cccc(S(=O)(=O)N/N=C/c2cccc([N+](=O)[O-])c2O)c1. The van der Waals surface area contributed by atoms with Crippen LogP contribution in [0.2, 0.25) is 0 Å². The number of phenols is 1. The van der Waals surface area contributed by atoms with Gasteiger partial charge in [0.15, 0.2) is 0 Å². The summed E-state index contributed by atoms with van der Waals surface area (Å²) in [5.74, 6) is -0.675. The number of benzene rings is 2. The predicted molar refractivity (Wildman–Crippen MR) is 85.8 cm³/mol. The third-order valence-electron chi connectivity index (χ3n) is 2.96. The van der Waals surface area contributed by atoms with Crippen molar-refractivity contribution in [3.8, 4) is 5.75 Å². The number of nitrogens with zero attached hydrogens (tertiary/aromatic N) is 3. The first kappa shape index (κ1) is 17.8. The summed E-state index contributed by atoms with van der Waals surface area (Å²) >= 11 is 0. The van der Waals surface area contributed by atoms with Crippen LogP contribution in [0.15, 0.2) is 52.5 Å². The second-order valence-corrected chi connectivity index (χ2v) is 6.24. The van der Waals surface area contributed by atoms with Crippen LogP contribution < -0.4 is 4.83 Å². The maximum Gasteiger partial charge on any atom is 0.311 e. The van der Waals surface area contributed by atoms with E-state index in [1.807, 2.05) is 0 Å². The molecule has 0 aromatic heterocycles. The number of phenolic OH excluding ortho intramolecular Hbond substituents is 1. The number of nitro benzene ring substituents is 2. The monoisotopic (exact) mass is 366 g/mol. The standard InChI is InChI=1S/C13H10N4O7S/c18-13-9(3-1-6-12(13)17(21)22)8-14-15-25(23,24)11-5-2-4-10(7-11)16(19)20/h1-8,15,18H/b14-8+. The maximum absolute atomic E-state index is 12.0. The van der Waals surface area contributed by atoms with Crippen LogP contribution >= 0.6 is 0 Å². The smallest absolute Gasteiger partial charge is 0.311 e. The molecule has 0 unspecified atom stereocenters. The van der Waals surface area contributed by atoms with Gasteiger partial charge in [0.05, 0.1) is 21.0 Å². The molecule has 2 N–H and O–H groups in total. The molecular weight excluding hydrogens is 356 g/mol. The molecule has 2 aromatic rings. The van der Waals surface area contributed by atoms with Crippen molar-refractivity contribution < 1.29 is 23.4 Å². The van der Waals surface area contributed by atoms with Gasteiger partial charge in [-0.15, -0.1) is 0 Å².